The van der Waals surface area contributed by atoms with Crippen molar-refractivity contribution >= 4 is 17.7 Å². The van der Waals surface area contributed by atoms with Gasteiger partial charge >= 0.3 is 0 Å². The Morgan fingerprint density at radius 3 is 2.80 bits per heavy atom. The molecule has 1 aliphatic heterocycles. The van der Waals surface area contributed by atoms with E-state index in [4.69, 9.17) is 11.5 Å². The predicted octanol–water partition coefficient (Wildman–Crippen LogP) is 0.155. The summed E-state index contributed by atoms with van der Waals surface area (Å²) in [6.45, 7) is 0. The standard InChI is InChI=1S/C6H13N3S/c7-6(8)9-5-2-1-3-10-4-5/h5H,1-4H2,(H4,7,8,9). The van der Waals surface area contributed by atoms with E-state index in [1.165, 1.54) is 12.2 Å². The van der Waals surface area contributed by atoms with Crippen molar-refractivity contribution in [3.05, 3.63) is 0 Å². The summed E-state index contributed by atoms with van der Waals surface area (Å²) in [4.78, 5) is 4.09. The van der Waals surface area contributed by atoms with Gasteiger partial charge in [0.05, 0.1) is 6.04 Å². The Morgan fingerprint density at radius 1 is 1.50 bits per heavy atom. The summed E-state index contributed by atoms with van der Waals surface area (Å²) in [5, 5.41) is 0. The maximum atomic E-state index is 5.24. The Bertz CT molecular complexity index is 125. The van der Waals surface area contributed by atoms with Crippen LogP contribution in [0, 0.1) is 0 Å². The molecule has 1 atom stereocenters. The predicted molar refractivity (Wildman–Crippen MR) is 46.2 cm³/mol. The molecule has 1 rings (SSSR count). The summed E-state index contributed by atoms with van der Waals surface area (Å²) >= 11 is 1.93. The van der Waals surface area contributed by atoms with Crippen LogP contribution in [0.15, 0.2) is 4.99 Å². The zero-order chi connectivity index (χ0) is 7.40. The number of guanidine groups is 1. The van der Waals surface area contributed by atoms with Gasteiger partial charge in [0.1, 0.15) is 0 Å². The summed E-state index contributed by atoms with van der Waals surface area (Å²) in [5.41, 5.74) is 10.5. The van der Waals surface area contributed by atoms with Crippen molar-refractivity contribution in [2.75, 3.05) is 11.5 Å². The SMILES string of the molecule is NC(N)=NC1CCCSC1. The van der Waals surface area contributed by atoms with Crippen molar-refractivity contribution in [2.45, 2.75) is 18.9 Å². The highest BCUT2D eigenvalue weighted by Gasteiger charge is 2.11. The zero-order valence-corrected chi connectivity index (χ0v) is 6.73. The average Bonchev–Trinajstić information content (AvgIpc) is 1.88. The van der Waals surface area contributed by atoms with Gasteiger partial charge in [0.15, 0.2) is 5.96 Å². The van der Waals surface area contributed by atoms with Crippen LogP contribution in [0.25, 0.3) is 0 Å². The fourth-order valence-corrected chi connectivity index (χ4v) is 2.09. The first kappa shape index (κ1) is 7.72. The maximum Gasteiger partial charge on any atom is 0.186 e. The quantitative estimate of drug-likeness (QED) is 0.423. The minimum absolute atomic E-state index is 0.229. The van der Waals surface area contributed by atoms with Crippen molar-refractivity contribution in [3.8, 4) is 0 Å². The summed E-state index contributed by atoms with van der Waals surface area (Å²) in [6, 6.07) is 0.378. The van der Waals surface area contributed by atoms with Gasteiger partial charge in [-0.1, -0.05) is 0 Å². The van der Waals surface area contributed by atoms with Gasteiger partial charge in [-0.25, -0.2) is 4.99 Å². The van der Waals surface area contributed by atoms with Crippen molar-refractivity contribution in [2.24, 2.45) is 16.5 Å². The number of aliphatic imine (C=N–C) groups is 1. The molecule has 0 amide bonds. The molecule has 1 unspecified atom stereocenters. The molecule has 3 nitrogen and oxygen atoms in total. The van der Waals surface area contributed by atoms with E-state index < -0.39 is 0 Å². The molecular formula is C6H13N3S. The number of rotatable bonds is 1. The van der Waals surface area contributed by atoms with Gasteiger partial charge in [0.25, 0.3) is 0 Å². The molecule has 1 aliphatic rings. The third-order valence-corrected chi connectivity index (χ3v) is 2.67. The minimum atomic E-state index is 0.229. The zero-order valence-electron chi connectivity index (χ0n) is 5.92. The second kappa shape index (κ2) is 3.71. The largest absolute Gasteiger partial charge is 0.370 e. The molecule has 0 aliphatic carbocycles. The number of nitrogens with two attached hydrogens (primary N) is 2. The van der Waals surface area contributed by atoms with Crippen molar-refractivity contribution < 1.29 is 0 Å². The summed E-state index contributed by atoms with van der Waals surface area (Å²) in [5.74, 6) is 2.57. The lowest BCUT2D eigenvalue weighted by Gasteiger charge is -2.16. The third kappa shape index (κ3) is 2.47. The molecule has 58 valence electrons. The molecule has 0 aromatic heterocycles. The molecule has 0 bridgehead atoms. The monoisotopic (exact) mass is 159 g/mol. The number of nitrogens with zero attached hydrogens (tertiary/aromatic N) is 1. The van der Waals surface area contributed by atoms with Gasteiger partial charge in [-0.2, -0.15) is 11.8 Å². The van der Waals surface area contributed by atoms with Crippen molar-refractivity contribution in [3.63, 3.8) is 0 Å². The molecule has 0 spiro atoms. The van der Waals surface area contributed by atoms with E-state index in [1.807, 2.05) is 11.8 Å². The Morgan fingerprint density at radius 2 is 2.30 bits per heavy atom. The van der Waals surface area contributed by atoms with E-state index in [9.17, 15) is 0 Å². The molecule has 1 heterocycles. The van der Waals surface area contributed by atoms with Crippen LogP contribution in [0.3, 0.4) is 0 Å². The fourth-order valence-electron chi connectivity index (χ4n) is 1.04. The second-order valence-electron chi connectivity index (χ2n) is 2.42. The summed E-state index contributed by atoms with van der Waals surface area (Å²) in [6.07, 6.45) is 2.39. The smallest absolute Gasteiger partial charge is 0.186 e. The number of thioether (sulfide) groups is 1. The van der Waals surface area contributed by atoms with Crippen LogP contribution in [0.1, 0.15) is 12.8 Å². The van der Waals surface area contributed by atoms with E-state index in [0.717, 1.165) is 12.2 Å². The van der Waals surface area contributed by atoms with Gasteiger partial charge in [-0.15, -0.1) is 0 Å². The normalized spacial score (nSPS) is 25.8. The summed E-state index contributed by atoms with van der Waals surface area (Å²) in [7, 11) is 0. The number of hydrogen-bond donors (Lipinski definition) is 2. The first-order valence-corrected chi connectivity index (χ1v) is 4.61. The molecular weight excluding hydrogens is 146 g/mol. The molecule has 1 saturated heterocycles. The Hall–Kier alpha value is -0.380. The van der Waals surface area contributed by atoms with Crippen LogP contribution in [0.5, 0.6) is 0 Å². The molecule has 1 fully saturated rings. The number of hydrogen-bond acceptors (Lipinski definition) is 2. The minimum Gasteiger partial charge on any atom is -0.370 e. The second-order valence-corrected chi connectivity index (χ2v) is 3.57. The van der Waals surface area contributed by atoms with E-state index in [-0.39, 0.29) is 5.96 Å². The van der Waals surface area contributed by atoms with E-state index in [0.29, 0.717) is 6.04 Å². The lowest BCUT2D eigenvalue weighted by Crippen LogP contribution is -2.27. The van der Waals surface area contributed by atoms with Gasteiger partial charge in [-0.05, 0) is 18.6 Å². The molecule has 4 N–H and O–H groups in total. The third-order valence-electron chi connectivity index (χ3n) is 1.47. The van der Waals surface area contributed by atoms with Gasteiger partial charge in [0.2, 0.25) is 0 Å². The van der Waals surface area contributed by atoms with Gasteiger partial charge in [-0.3, -0.25) is 0 Å². The first-order valence-electron chi connectivity index (χ1n) is 3.45. The van der Waals surface area contributed by atoms with Crippen molar-refractivity contribution in [1.82, 2.24) is 0 Å². The van der Waals surface area contributed by atoms with E-state index in [1.54, 1.807) is 0 Å². The Balaban J connectivity index is 2.33. The average molecular weight is 159 g/mol. The fraction of sp³-hybridized carbons (Fsp3) is 0.833. The van der Waals surface area contributed by atoms with Crippen LogP contribution in [0.4, 0.5) is 0 Å². The molecule has 0 saturated carbocycles. The van der Waals surface area contributed by atoms with Crippen LogP contribution in [-0.4, -0.2) is 23.5 Å². The molecule has 10 heavy (non-hydrogen) atoms. The Kier molecular flexibility index (Phi) is 2.86. The van der Waals surface area contributed by atoms with Gasteiger partial charge in [0, 0.05) is 5.75 Å². The van der Waals surface area contributed by atoms with E-state index in [2.05, 4.69) is 4.99 Å². The van der Waals surface area contributed by atoms with Crippen molar-refractivity contribution in [1.29, 1.82) is 0 Å². The van der Waals surface area contributed by atoms with Crippen LogP contribution >= 0.6 is 11.8 Å². The molecule has 0 radical (unpaired) electrons. The van der Waals surface area contributed by atoms with Crippen LogP contribution < -0.4 is 11.5 Å². The molecule has 0 aromatic carbocycles. The van der Waals surface area contributed by atoms with Crippen LogP contribution in [-0.2, 0) is 0 Å². The highest BCUT2D eigenvalue weighted by molar-refractivity contribution is 7.99. The molecule has 0 aromatic rings. The lowest BCUT2D eigenvalue weighted by molar-refractivity contribution is 0.649. The highest BCUT2D eigenvalue weighted by Crippen LogP contribution is 2.18. The lowest BCUT2D eigenvalue weighted by atomic mass is 10.2. The Labute approximate surface area is 65.3 Å². The van der Waals surface area contributed by atoms with E-state index >= 15 is 0 Å². The topological polar surface area (TPSA) is 64.4 Å². The highest BCUT2D eigenvalue weighted by atomic mass is 32.2. The summed E-state index contributed by atoms with van der Waals surface area (Å²) < 4.78 is 0. The first-order chi connectivity index (χ1) is 4.79. The van der Waals surface area contributed by atoms with Crippen LogP contribution in [0.2, 0.25) is 0 Å². The maximum absolute atomic E-state index is 5.24. The molecule has 4 heteroatoms. The van der Waals surface area contributed by atoms with Gasteiger partial charge < -0.3 is 11.5 Å².